The molecule has 0 saturated carbocycles. The van der Waals surface area contributed by atoms with Crippen molar-refractivity contribution in [1.82, 2.24) is 0 Å². The Balaban J connectivity index is 1.97. The number of fused-ring (bicyclic) bond motifs is 4. The Kier molecular flexibility index (Phi) is 2.31. The van der Waals surface area contributed by atoms with Gasteiger partial charge in [0.25, 0.3) is 5.91 Å². The Hall–Kier alpha value is -2.40. The van der Waals surface area contributed by atoms with Crippen molar-refractivity contribution in [3.8, 4) is 0 Å². The fourth-order valence-electron chi connectivity index (χ4n) is 2.38. The maximum absolute atomic E-state index is 13.4. The lowest BCUT2D eigenvalue weighted by molar-refractivity contribution is 0.102. The molecule has 20 heavy (non-hydrogen) atoms. The number of hydrogen-bond donors (Lipinski definition) is 2. The average Bonchev–Trinajstić information content (AvgIpc) is 2.70. The average molecular weight is 284 g/mol. The van der Waals surface area contributed by atoms with Crippen LogP contribution in [0.5, 0.6) is 0 Å². The highest BCUT2D eigenvalue weighted by atomic mass is 32.1. The van der Waals surface area contributed by atoms with E-state index in [0.717, 1.165) is 20.8 Å². The quantitative estimate of drug-likeness (QED) is 0.644. The smallest absolute Gasteiger partial charge is 0.257 e. The van der Waals surface area contributed by atoms with Gasteiger partial charge in [-0.3, -0.25) is 4.79 Å². The van der Waals surface area contributed by atoms with Gasteiger partial charge in [0.2, 0.25) is 0 Å². The number of carbonyl (C=O) groups is 1. The molecule has 1 aromatic heterocycles. The highest BCUT2D eigenvalue weighted by Crippen LogP contribution is 2.44. The van der Waals surface area contributed by atoms with Gasteiger partial charge in [0.05, 0.1) is 16.9 Å². The number of nitrogens with one attached hydrogen (secondary N) is 2. The van der Waals surface area contributed by atoms with Crippen molar-refractivity contribution in [2.45, 2.75) is 0 Å². The van der Waals surface area contributed by atoms with Gasteiger partial charge in [-0.05, 0) is 24.3 Å². The molecule has 0 saturated heterocycles. The maximum Gasteiger partial charge on any atom is 0.257 e. The van der Waals surface area contributed by atoms with E-state index in [-0.39, 0.29) is 11.7 Å². The van der Waals surface area contributed by atoms with E-state index in [2.05, 4.69) is 10.6 Å². The van der Waals surface area contributed by atoms with Crippen LogP contribution in [-0.4, -0.2) is 5.91 Å². The maximum atomic E-state index is 13.4. The minimum Gasteiger partial charge on any atom is -0.345 e. The Labute approximate surface area is 118 Å². The van der Waals surface area contributed by atoms with Crippen molar-refractivity contribution in [3.05, 3.63) is 53.8 Å². The minimum atomic E-state index is -0.367. The third kappa shape index (κ3) is 1.60. The molecule has 0 radical (unpaired) electrons. The molecule has 0 atom stereocenters. The highest BCUT2D eigenvalue weighted by molar-refractivity contribution is 7.23. The number of carbonyl (C=O) groups excluding carboxylic acids is 1. The predicted octanol–water partition coefficient (Wildman–Crippen LogP) is 4.35. The molecule has 2 heterocycles. The summed E-state index contributed by atoms with van der Waals surface area (Å²) >= 11 is 1.54. The lowest BCUT2D eigenvalue weighted by atomic mass is 10.1. The fourth-order valence-corrected chi connectivity index (χ4v) is 3.45. The van der Waals surface area contributed by atoms with Crippen molar-refractivity contribution < 1.29 is 9.18 Å². The van der Waals surface area contributed by atoms with Crippen LogP contribution in [-0.2, 0) is 0 Å². The summed E-state index contributed by atoms with van der Waals surface area (Å²) in [5.74, 6) is -0.594. The summed E-state index contributed by atoms with van der Waals surface area (Å²) in [5.41, 5.74) is 1.69. The summed E-state index contributed by atoms with van der Waals surface area (Å²) in [7, 11) is 0. The normalized spacial score (nSPS) is 13.2. The minimum absolute atomic E-state index is 0.227. The van der Waals surface area contributed by atoms with Crippen molar-refractivity contribution in [2.24, 2.45) is 0 Å². The van der Waals surface area contributed by atoms with Crippen LogP contribution in [0.1, 0.15) is 10.4 Å². The first-order valence-electron chi connectivity index (χ1n) is 6.12. The van der Waals surface area contributed by atoms with E-state index in [1.54, 1.807) is 0 Å². The first kappa shape index (κ1) is 11.4. The molecule has 1 amide bonds. The van der Waals surface area contributed by atoms with Crippen molar-refractivity contribution in [2.75, 3.05) is 10.6 Å². The van der Waals surface area contributed by atoms with Gasteiger partial charge >= 0.3 is 0 Å². The van der Waals surface area contributed by atoms with Crippen molar-refractivity contribution >= 4 is 43.7 Å². The molecule has 2 aromatic carbocycles. The second-order valence-electron chi connectivity index (χ2n) is 4.57. The third-order valence-electron chi connectivity index (χ3n) is 3.31. The van der Waals surface area contributed by atoms with E-state index in [9.17, 15) is 9.18 Å². The lowest BCUT2D eigenvalue weighted by Crippen LogP contribution is -2.10. The number of halogens is 1. The third-order valence-corrected chi connectivity index (χ3v) is 4.39. The molecule has 1 aliphatic heterocycles. The highest BCUT2D eigenvalue weighted by Gasteiger charge is 2.22. The van der Waals surface area contributed by atoms with Crippen LogP contribution < -0.4 is 10.6 Å². The van der Waals surface area contributed by atoms with E-state index >= 15 is 0 Å². The van der Waals surface area contributed by atoms with Crippen molar-refractivity contribution in [1.29, 1.82) is 0 Å². The van der Waals surface area contributed by atoms with E-state index in [1.807, 2.05) is 24.3 Å². The van der Waals surface area contributed by atoms with Crippen LogP contribution >= 0.6 is 11.3 Å². The first-order chi connectivity index (χ1) is 9.72. The summed E-state index contributed by atoms with van der Waals surface area (Å²) in [5, 5.41) is 7.88. The van der Waals surface area contributed by atoms with E-state index in [1.165, 1.54) is 29.5 Å². The van der Waals surface area contributed by atoms with Gasteiger partial charge in [-0.1, -0.05) is 18.2 Å². The van der Waals surface area contributed by atoms with Gasteiger partial charge in [-0.15, -0.1) is 11.3 Å². The van der Waals surface area contributed by atoms with Crippen LogP contribution in [0.4, 0.5) is 20.8 Å². The molecule has 3 nitrogen and oxygen atoms in total. The molecule has 0 fully saturated rings. The van der Waals surface area contributed by atoms with E-state index < -0.39 is 0 Å². The van der Waals surface area contributed by atoms with Gasteiger partial charge in [-0.25, -0.2) is 4.39 Å². The van der Waals surface area contributed by atoms with Crippen LogP contribution in [0, 0.1) is 5.82 Å². The van der Waals surface area contributed by atoms with Gasteiger partial charge < -0.3 is 10.6 Å². The Morgan fingerprint density at radius 2 is 1.90 bits per heavy atom. The summed E-state index contributed by atoms with van der Waals surface area (Å²) in [6.45, 7) is 0. The molecule has 2 N–H and O–H groups in total. The molecule has 0 bridgehead atoms. The standard InChI is InChI=1S/C15H9FN2OS/c16-8-5-6-9-11(7-8)17-15-13(18-14(9)19)10-3-1-2-4-12(10)20-15/h1-7,17H,(H,18,19). The summed E-state index contributed by atoms with van der Waals surface area (Å²) in [6.07, 6.45) is 0. The summed E-state index contributed by atoms with van der Waals surface area (Å²) in [4.78, 5) is 12.3. The SMILES string of the molecule is O=C1Nc2c(sc3ccccc23)Nc2cc(F)ccc21. The lowest BCUT2D eigenvalue weighted by Gasteiger charge is -2.05. The monoisotopic (exact) mass is 284 g/mol. The van der Waals surface area contributed by atoms with Gasteiger partial charge in [-0.2, -0.15) is 0 Å². The molecule has 5 heteroatoms. The predicted molar refractivity (Wildman–Crippen MR) is 79.5 cm³/mol. The van der Waals surface area contributed by atoms with Crippen LogP contribution in [0.3, 0.4) is 0 Å². The number of anilines is 3. The molecular weight excluding hydrogens is 275 g/mol. The van der Waals surface area contributed by atoms with Crippen molar-refractivity contribution in [3.63, 3.8) is 0 Å². The first-order valence-corrected chi connectivity index (χ1v) is 6.93. The zero-order chi connectivity index (χ0) is 13.7. The largest absolute Gasteiger partial charge is 0.345 e. The molecular formula is C15H9FN2OS. The number of hydrogen-bond acceptors (Lipinski definition) is 3. The fraction of sp³-hybridized carbons (Fsp3) is 0. The number of thiophene rings is 1. The van der Waals surface area contributed by atoms with Crippen LogP contribution in [0.2, 0.25) is 0 Å². The molecule has 98 valence electrons. The number of benzene rings is 2. The van der Waals surface area contributed by atoms with Gasteiger partial charge in [0, 0.05) is 10.1 Å². The van der Waals surface area contributed by atoms with E-state index in [0.29, 0.717) is 11.3 Å². The molecule has 0 aliphatic carbocycles. The summed E-state index contributed by atoms with van der Waals surface area (Å²) in [6, 6.07) is 12.0. The molecule has 4 rings (SSSR count). The van der Waals surface area contributed by atoms with E-state index in [4.69, 9.17) is 0 Å². The second kappa shape index (κ2) is 4.05. The number of amides is 1. The second-order valence-corrected chi connectivity index (χ2v) is 5.62. The summed E-state index contributed by atoms with van der Waals surface area (Å²) < 4.78 is 14.4. The Morgan fingerprint density at radius 1 is 1.05 bits per heavy atom. The Bertz CT molecular complexity index is 856. The zero-order valence-corrected chi connectivity index (χ0v) is 11.1. The van der Waals surface area contributed by atoms with Crippen LogP contribution in [0.25, 0.3) is 10.1 Å². The van der Waals surface area contributed by atoms with Crippen LogP contribution in [0.15, 0.2) is 42.5 Å². The molecule has 1 aliphatic rings. The number of rotatable bonds is 0. The van der Waals surface area contributed by atoms with Gasteiger partial charge in [0.15, 0.2) is 0 Å². The molecule has 0 spiro atoms. The van der Waals surface area contributed by atoms with Gasteiger partial charge in [0.1, 0.15) is 10.8 Å². The molecule has 0 unspecified atom stereocenters. The Morgan fingerprint density at radius 3 is 2.80 bits per heavy atom. The zero-order valence-electron chi connectivity index (χ0n) is 10.2. The topological polar surface area (TPSA) is 41.1 Å². The molecule has 3 aromatic rings.